The molecule has 0 heterocycles. The quantitative estimate of drug-likeness (QED) is 0.231. The van der Waals surface area contributed by atoms with Gasteiger partial charge >= 0.3 is 8.80 Å². The molecule has 0 amide bonds. The van der Waals surface area contributed by atoms with Crippen LogP contribution >= 0.6 is 30.4 Å². The summed E-state index contributed by atoms with van der Waals surface area (Å²) in [6.45, 7) is 7.90. The summed E-state index contributed by atoms with van der Waals surface area (Å²) >= 11 is 4.79. The summed E-state index contributed by atoms with van der Waals surface area (Å²) in [4.78, 5) is 0. The maximum atomic E-state index is 5.77. The molecule has 0 rings (SSSR count). The predicted molar refractivity (Wildman–Crippen MR) is 85.1 cm³/mol. The van der Waals surface area contributed by atoms with Gasteiger partial charge in [-0.1, -0.05) is 20.6 Å². The van der Waals surface area contributed by atoms with E-state index in [9.17, 15) is 0 Å². The highest BCUT2D eigenvalue weighted by atomic mass is 33.7. The van der Waals surface area contributed by atoms with Gasteiger partial charge in [0, 0.05) is 31.6 Å². The third-order valence-corrected chi connectivity index (χ3v) is 9.46. The summed E-state index contributed by atoms with van der Waals surface area (Å²) in [6.07, 6.45) is 1.04. The second kappa shape index (κ2) is 12.5. The van der Waals surface area contributed by atoms with Crippen LogP contribution in [0.25, 0.3) is 0 Å². The van der Waals surface area contributed by atoms with E-state index in [1.807, 2.05) is 20.8 Å². The van der Waals surface area contributed by atoms with Crippen molar-refractivity contribution in [2.75, 3.05) is 25.6 Å². The molecular weight excluding hydrogens is 312 g/mol. The lowest BCUT2D eigenvalue weighted by Crippen LogP contribution is -2.46. The Balaban J connectivity index is 4.05. The summed E-state index contributed by atoms with van der Waals surface area (Å²) in [6, 6.07) is 0.887. The van der Waals surface area contributed by atoms with Gasteiger partial charge in [-0.15, -0.1) is 0 Å². The molecule has 0 radical (unpaired) electrons. The molecule has 0 aromatic carbocycles. The average Bonchev–Trinajstić information content (AvgIpc) is 2.30. The van der Waals surface area contributed by atoms with E-state index in [1.54, 1.807) is 20.6 Å². The molecule has 0 bridgehead atoms. The third-order valence-electron chi connectivity index (χ3n) is 1.88. The summed E-state index contributed by atoms with van der Waals surface area (Å²) in [5.74, 6) is 1.05. The van der Waals surface area contributed by atoms with Crippen molar-refractivity contribution >= 4 is 50.9 Å². The van der Waals surface area contributed by atoms with Gasteiger partial charge in [-0.3, -0.25) is 9.83 Å². The van der Waals surface area contributed by atoms with Crippen LogP contribution in [-0.2, 0) is 24.9 Å². The van der Waals surface area contributed by atoms with E-state index in [1.165, 1.54) is 9.83 Å². The first-order chi connectivity index (χ1) is 8.24. The lowest BCUT2D eigenvalue weighted by atomic mass is 10.6. The molecular formula is C9H21O3S4Si-. The topological polar surface area (TPSA) is 27.7 Å². The van der Waals surface area contributed by atoms with Crippen molar-refractivity contribution in [3.63, 3.8) is 0 Å². The molecule has 0 aliphatic heterocycles. The number of hydrogen-bond donors (Lipinski definition) is 0. The van der Waals surface area contributed by atoms with Crippen LogP contribution in [0.5, 0.6) is 0 Å². The largest absolute Gasteiger partial charge is 0.706 e. The lowest BCUT2D eigenvalue weighted by molar-refractivity contribution is 0.0712. The van der Waals surface area contributed by atoms with Crippen LogP contribution in [0.15, 0.2) is 0 Å². The summed E-state index contributed by atoms with van der Waals surface area (Å²) in [5.41, 5.74) is 0. The van der Waals surface area contributed by atoms with E-state index < -0.39 is 8.80 Å². The smallest absolute Gasteiger partial charge is 0.500 e. The average molecular weight is 334 g/mol. The standard InChI is InChI=1S/C9H22O3S4Si/c1-4-10-17(11-5-2,12-6-3)9-7-8-14-16-15-13/h13H,4-9H2,1-3H3/p-1. The van der Waals surface area contributed by atoms with Crippen LogP contribution in [0.2, 0.25) is 6.04 Å². The molecule has 104 valence electrons. The Hall–Kier alpha value is 1.50. The molecule has 0 unspecified atom stereocenters. The van der Waals surface area contributed by atoms with Crippen molar-refractivity contribution in [1.29, 1.82) is 0 Å². The molecule has 0 fully saturated rings. The highest BCUT2D eigenvalue weighted by molar-refractivity contribution is 9.21. The van der Waals surface area contributed by atoms with E-state index in [-0.39, 0.29) is 0 Å². The normalized spacial score (nSPS) is 12.0. The molecule has 0 saturated heterocycles. The fourth-order valence-corrected chi connectivity index (χ4v) is 7.34. The molecule has 0 aromatic rings. The first kappa shape index (κ1) is 18.5. The Bertz CT molecular complexity index is 159. The minimum Gasteiger partial charge on any atom is -0.706 e. The highest BCUT2D eigenvalue weighted by Gasteiger charge is 2.39. The zero-order valence-corrected chi connectivity index (χ0v) is 14.9. The fraction of sp³-hybridized carbons (Fsp3) is 1.00. The first-order valence-corrected chi connectivity index (χ1v) is 12.3. The van der Waals surface area contributed by atoms with Gasteiger partial charge in [0.15, 0.2) is 0 Å². The van der Waals surface area contributed by atoms with E-state index in [4.69, 9.17) is 24.9 Å². The predicted octanol–water partition coefficient (Wildman–Crippen LogP) is 3.92. The molecule has 0 N–H and O–H groups in total. The lowest BCUT2D eigenvalue weighted by Gasteiger charge is -2.28. The van der Waals surface area contributed by atoms with E-state index in [2.05, 4.69) is 0 Å². The second-order valence-corrected chi connectivity index (χ2v) is 10.7. The molecule has 0 aromatic heterocycles. The van der Waals surface area contributed by atoms with Gasteiger partial charge in [-0.2, -0.15) is 0 Å². The zero-order chi connectivity index (χ0) is 13.0. The van der Waals surface area contributed by atoms with Crippen LogP contribution in [0.3, 0.4) is 0 Å². The van der Waals surface area contributed by atoms with Crippen LogP contribution in [0.4, 0.5) is 0 Å². The van der Waals surface area contributed by atoms with Crippen molar-refractivity contribution in [3.8, 4) is 0 Å². The van der Waals surface area contributed by atoms with Crippen molar-refractivity contribution in [3.05, 3.63) is 0 Å². The Labute approximate surface area is 122 Å². The third kappa shape index (κ3) is 9.09. The monoisotopic (exact) mass is 333 g/mol. The van der Waals surface area contributed by atoms with Crippen molar-refractivity contribution in [1.82, 2.24) is 0 Å². The SMILES string of the molecule is CCO[Si](CCCSSS[S-])(OCC)OCC. The van der Waals surface area contributed by atoms with Crippen molar-refractivity contribution in [2.45, 2.75) is 33.2 Å². The summed E-state index contributed by atoms with van der Waals surface area (Å²) < 4.78 is 17.3. The summed E-state index contributed by atoms with van der Waals surface area (Å²) in [5, 5.41) is 0. The van der Waals surface area contributed by atoms with Crippen LogP contribution in [-0.4, -0.2) is 34.4 Å². The van der Waals surface area contributed by atoms with Gasteiger partial charge in [0.1, 0.15) is 0 Å². The van der Waals surface area contributed by atoms with Crippen molar-refractivity contribution < 1.29 is 13.3 Å². The maximum absolute atomic E-state index is 5.77. The van der Waals surface area contributed by atoms with Crippen LogP contribution in [0.1, 0.15) is 27.2 Å². The van der Waals surface area contributed by atoms with E-state index in [0.717, 1.165) is 18.2 Å². The Morgan fingerprint density at radius 2 is 1.53 bits per heavy atom. The molecule has 0 aliphatic rings. The summed E-state index contributed by atoms with van der Waals surface area (Å²) in [7, 11) is 2.38. The van der Waals surface area contributed by atoms with E-state index >= 15 is 0 Å². The van der Waals surface area contributed by atoms with Gasteiger partial charge in [-0.05, 0) is 27.2 Å². The minimum absolute atomic E-state index is 0.649. The molecule has 0 aliphatic carbocycles. The molecule has 3 nitrogen and oxygen atoms in total. The van der Waals surface area contributed by atoms with Gasteiger partial charge in [0.05, 0.1) is 0 Å². The fourth-order valence-electron chi connectivity index (χ4n) is 1.40. The first-order valence-electron chi connectivity index (χ1n) is 5.74. The second-order valence-electron chi connectivity index (χ2n) is 3.04. The van der Waals surface area contributed by atoms with Crippen LogP contribution in [0, 0.1) is 0 Å². The molecule has 17 heavy (non-hydrogen) atoms. The molecule has 0 spiro atoms. The Kier molecular flexibility index (Phi) is 13.6. The van der Waals surface area contributed by atoms with Gasteiger partial charge < -0.3 is 24.9 Å². The molecule has 8 heteroatoms. The number of hydrogen-bond acceptors (Lipinski definition) is 7. The highest BCUT2D eigenvalue weighted by Crippen LogP contribution is 2.34. The zero-order valence-electron chi connectivity index (χ0n) is 10.6. The number of rotatable bonds is 12. The van der Waals surface area contributed by atoms with Crippen LogP contribution < -0.4 is 0 Å². The van der Waals surface area contributed by atoms with Crippen molar-refractivity contribution in [2.24, 2.45) is 0 Å². The van der Waals surface area contributed by atoms with Gasteiger partial charge in [0.25, 0.3) is 0 Å². The molecule has 0 saturated carbocycles. The van der Waals surface area contributed by atoms with E-state index in [0.29, 0.717) is 19.8 Å². The Morgan fingerprint density at radius 1 is 1.00 bits per heavy atom. The van der Waals surface area contributed by atoms with Gasteiger partial charge in [-0.25, -0.2) is 0 Å². The molecule has 0 atom stereocenters. The Morgan fingerprint density at radius 3 is 1.94 bits per heavy atom. The maximum Gasteiger partial charge on any atom is 0.500 e. The minimum atomic E-state index is -2.41. The van der Waals surface area contributed by atoms with Gasteiger partial charge in [0.2, 0.25) is 0 Å².